The highest BCUT2D eigenvalue weighted by molar-refractivity contribution is 7.88. The van der Waals surface area contributed by atoms with Crippen LogP contribution in [0, 0.1) is 11.8 Å². The van der Waals surface area contributed by atoms with Crippen LogP contribution in [-0.2, 0) is 20.6 Å². The second-order valence-electron chi connectivity index (χ2n) is 9.07. The van der Waals surface area contributed by atoms with Crippen molar-refractivity contribution < 1.29 is 17.9 Å². The summed E-state index contributed by atoms with van der Waals surface area (Å²) in [7, 11) is -3.40. The van der Waals surface area contributed by atoms with Gasteiger partial charge < -0.3 is 10.1 Å². The summed E-state index contributed by atoms with van der Waals surface area (Å²) in [5.41, 5.74) is 0.772. The van der Waals surface area contributed by atoms with E-state index in [2.05, 4.69) is 10.3 Å². The molecule has 8 heteroatoms. The zero-order valence-electron chi connectivity index (χ0n) is 19.0. The van der Waals surface area contributed by atoms with Crippen LogP contribution in [0.1, 0.15) is 50.5 Å². The molecule has 4 rings (SSSR count). The fourth-order valence-corrected chi connectivity index (χ4v) is 6.22. The van der Waals surface area contributed by atoms with E-state index in [4.69, 9.17) is 4.74 Å². The van der Waals surface area contributed by atoms with Crippen LogP contribution in [0.2, 0.25) is 0 Å². The van der Waals surface area contributed by atoms with Crippen LogP contribution in [0.15, 0.2) is 48.7 Å². The van der Waals surface area contributed by atoms with E-state index >= 15 is 0 Å². The number of anilines is 1. The number of carbonyl (C=O) groups excluding carboxylic acids is 1. The Kier molecular flexibility index (Phi) is 7.98. The monoisotopic (exact) mass is 471 g/mol. The predicted octanol–water partition coefficient (Wildman–Crippen LogP) is 4.22. The summed E-state index contributed by atoms with van der Waals surface area (Å²) in [6.45, 7) is 1.34. The maximum absolute atomic E-state index is 12.9. The second kappa shape index (κ2) is 11.1. The number of amides is 1. The van der Waals surface area contributed by atoms with Crippen molar-refractivity contribution >= 4 is 21.7 Å². The number of ether oxygens (including phenoxy) is 1. The smallest absolute Gasteiger partial charge is 0.228 e. The van der Waals surface area contributed by atoms with E-state index in [-0.39, 0.29) is 17.6 Å². The Morgan fingerprint density at radius 3 is 2.45 bits per heavy atom. The SMILES string of the molecule is O=C(Nc1ncccc1OCC1CCCCC1)C1CCN(S(=O)(=O)Cc2ccccc2)CC1. The number of pyridine rings is 1. The third-order valence-corrected chi connectivity index (χ3v) is 8.47. The van der Waals surface area contributed by atoms with Crippen molar-refractivity contribution in [2.45, 2.75) is 50.7 Å². The van der Waals surface area contributed by atoms with Crippen LogP contribution in [0.25, 0.3) is 0 Å². The highest BCUT2D eigenvalue weighted by Crippen LogP contribution is 2.28. The molecule has 1 saturated heterocycles. The number of aromatic nitrogens is 1. The molecule has 1 saturated carbocycles. The number of nitrogens with zero attached hydrogens (tertiary/aromatic N) is 2. The molecule has 0 spiro atoms. The molecule has 1 aliphatic heterocycles. The number of sulfonamides is 1. The molecule has 0 bridgehead atoms. The summed E-state index contributed by atoms with van der Waals surface area (Å²) in [5, 5.41) is 2.92. The van der Waals surface area contributed by atoms with Crippen LogP contribution in [0.4, 0.5) is 5.82 Å². The lowest BCUT2D eigenvalue weighted by molar-refractivity contribution is -0.120. The number of rotatable bonds is 8. The van der Waals surface area contributed by atoms with Gasteiger partial charge in [0.1, 0.15) is 0 Å². The van der Waals surface area contributed by atoms with Gasteiger partial charge in [0.2, 0.25) is 15.9 Å². The summed E-state index contributed by atoms with van der Waals surface area (Å²) >= 11 is 0. The number of nitrogens with one attached hydrogen (secondary N) is 1. The first-order valence-corrected chi connectivity index (χ1v) is 13.5. The van der Waals surface area contributed by atoms with Gasteiger partial charge in [-0.3, -0.25) is 4.79 Å². The molecule has 2 heterocycles. The van der Waals surface area contributed by atoms with Crippen molar-refractivity contribution in [2.75, 3.05) is 25.0 Å². The maximum Gasteiger partial charge on any atom is 0.228 e. The van der Waals surface area contributed by atoms with Crippen LogP contribution < -0.4 is 10.1 Å². The molecule has 2 aliphatic rings. The Hall–Kier alpha value is -2.45. The lowest BCUT2D eigenvalue weighted by Crippen LogP contribution is -2.42. The quantitative estimate of drug-likeness (QED) is 0.623. The van der Waals surface area contributed by atoms with E-state index in [1.54, 1.807) is 6.20 Å². The second-order valence-corrected chi connectivity index (χ2v) is 11.0. The average molecular weight is 472 g/mol. The molecule has 2 aromatic rings. The zero-order valence-corrected chi connectivity index (χ0v) is 19.8. The standard InChI is InChI=1S/C25H33N3O4S/c29-25(27-24-23(12-7-15-26-24)32-18-20-8-3-1-4-9-20)22-13-16-28(17-14-22)33(30,31)19-21-10-5-2-6-11-21/h2,5-7,10-12,15,20,22H,1,3-4,8-9,13-14,16-19H2,(H,26,27,29). The van der Waals surface area contributed by atoms with Gasteiger partial charge >= 0.3 is 0 Å². The van der Waals surface area contributed by atoms with Gasteiger partial charge in [-0.05, 0) is 49.3 Å². The highest BCUT2D eigenvalue weighted by atomic mass is 32.2. The fraction of sp³-hybridized carbons (Fsp3) is 0.520. The van der Waals surface area contributed by atoms with E-state index in [1.807, 2.05) is 42.5 Å². The summed E-state index contributed by atoms with van der Waals surface area (Å²) in [6.07, 6.45) is 8.81. The van der Waals surface area contributed by atoms with Gasteiger partial charge in [0.25, 0.3) is 0 Å². The minimum Gasteiger partial charge on any atom is -0.489 e. The number of hydrogen-bond acceptors (Lipinski definition) is 5. The Bertz CT molecular complexity index is 1010. The third-order valence-electron chi connectivity index (χ3n) is 6.62. The van der Waals surface area contributed by atoms with Gasteiger partial charge in [0, 0.05) is 25.2 Å². The van der Waals surface area contributed by atoms with E-state index in [0.717, 1.165) is 5.56 Å². The Morgan fingerprint density at radius 2 is 1.73 bits per heavy atom. The highest BCUT2D eigenvalue weighted by Gasteiger charge is 2.31. The topological polar surface area (TPSA) is 88.6 Å². The van der Waals surface area contributed by atoms with Gasteiger partial charge in [0.05, 0.1) is 12.4 Å². The average Bonchev–Trinajstić information content (AvgIpc) is 2.84. The third kappa shape index (κ3) is 6.54. The van der Waals surface area contributed by atoms with E-state index in [1.165, 1.54) is 36.4 Å². The molecule has 33 heavy (non-hydrogen) atoms. The van der Waals surface area contributed by atoms with Crippen LogP contribution in [-0.4, -0.2) is 43.3 Å². The predicted molar refractivity (Wildman–Crippen MR) is 128 cm³/mol. The molecular formula is C25H33N3O4S. The number of carbonyl (C=O) groups is 1. The number of piperidine rings is 1. The van der Waals surface area contributed by atoms with Crippen molar-refractivity contribution in [2.24, 2.45) is 11.8 Å². The minimum atomic E-state index is -3.40. The summed E-state index contributed by atoms with van der Waals surface area (Å²) in [6, 6.07) is 12.8. The zero-order chi connectivity index (χ0) is 23.1. The molecule has 1 N–H and O–H groups in total. The number of hydrogen-bond donors (Lipinski definition) is 1. The van der Waals surface area contributed by atoms with Crippen LogP contribution in [0.5, 0.6) is 5.75 Å². The molecule has 1 aromatic heterocycles. The summed E-state index contributed by atoms with van der Waals surface area (Å²) in [4.78, 5) is 17.2. The first-order chi connectivity index (χ1) is 16.0. The van der Waals surface area contributed by atoms with E-state index in [9.17, 15) is 13.2 Å². The number of benzene rings is 1. The largest absolute Gasteiger partial charge is 0.489 e. The first-order valence-electron chi connectivity index (χ1n) is 11.9. The lowest BCUT2D eigenvalue weighted by atomic mass is 9.90. The molecule has 2 fully saturated rings. The van der Waals surface area contributed by atoms with Gasteiger partial charge in [-0.15, -0.1) is 0 Å². The van der Waals surface area contributed by atoms with Gasteiger partial charge in [0.15, 0.2) is 11.6 Å². The molecule has 1 aromatic carbocycles. The van der Waals surface area contributed by atoms with Gasteiger partial charge in [-0.2, -0.15) is 0 Å². The van der Waals surface area contributed by atoms with Crippen LogP contribution in [0.3, 0.4) is 0 Å². The van der Waals surface area contributed by atoms with Crippen molar-refractivity contribution in [1.29, 1.82) is 0 Å². The molecule has 178 valence electrons. The lowest BCUT2D eigenvalue weighted by Gasteiger charge is -2.30. The van der Waals surface area contributed by atoms with Crippen molar-refractivity contribution in [3.63, 3.8) is 0 Å². The summed E-state index contributed by atoms with van der Waals surface area (Å²) in [5.74, 6) is 1.21. The Morgan fingerprint density at radius 1 is 1.00 bits per heavy atom. The molecule has 1 aliphatic carbocycles. The molecule has 0 unspecified atom stereocenters. The maximum atomic E-state index is 12.9. The van der Waals surface area contributed by atoms with Crippen LogP contribution >= 0.6 is 0 Å². The van der Waals surface area contributed by atoms with Crippen molar-refractivity contribution in [3.05, 3.63) is 54.2 Å². The Balaban J connectivity index is 1.29. The fourth-order valence-electron chi connectivity index (χ4n) is 4.65. The summed E-state index contributed by atoms with van der Waals surface area (Å²) < 4.78 is 33.1. The van der Waals surface area contributed by atoms with Crippen molar-refractivity contribution in [3.8, 4) is 5.75 Å². The molecule has 0 atom stereocenters. The molecule has 0 radical (unpaired) electrons. The van der Waals surface area contributed by atoms with E-state index < -0.39 is 10.0 Å². The minimum absolute atomic E-state index is 0.0136. The van der Waals surface area contributed by atoms with Crippen molar-refractivity contribution in [1.82, 2.24) is 9.29 Å². The first kappa shape index (κ1) is 23.7. The van der Waals surface area contributed by atoms with E-state index in [0.29, 0.717) is 50.0 Å². The molecule has 7 nitrogen and oxygen atoms in total. The molecular weight excluding hydrogens is 438 g/mol. The van der Waals surface area contributed by atoms with Gasteiger partial charge in [-0.1, -0.05) is 49.6 Å². The molecule has 1 amide bonds. The Labute approximate surface area is 196 Å². The van der Waals surface area contributed by atoms with Gasteiger partial charge in [-0.25, -0.2) is 17.7 Å². The normalized spacial score (nSPS) is 18.7.